The third-order valence-electron chi connectivity index (χ3n) is 3.46. The number of carbonyl (C=O) groups excluding carboxylic acids is 1. The van der Waals surface area contributed by atoms with Crippen molar-refractivity contribution in [3.63, 3.8) is 0 Å². The van der Waals surface area contributed by atoms with Gasteiger partial charge in [-0.1, -0.05) is 0 Å². The van der Waals surface area contributed by atoms with Crippen molar-refractivity contribution in [2.75, 3.05) is 26.7 Å². The highest BCUT2D eigenvalue weighted by Crippen LogP contribution is 2.23. The zero-order valence-corrected chi connectivity index (χ0v) is 11.2. The van der Waals surface area contributed by atoms with E-state index in [4.69, 9.17) is 0 Å². The van der Waals surface area contributed by atoms with E-state index < -0.39 is 10.8 Å². The molecule has 1 saturated heterocycles. The third kappa shape index (κ3) is 3.24. The average Bonchev–Trinajstić information content (AvgIpc) is 2.81. The molecule has 20 heavy (non-hydrogen) atoms. The van der Waals surface area contributed by atoms with E-state index in [0.29, 0.717) is 12.5 Å². The van der Waals surface area contributed by atoms with Crippen LogP contribution < -0.4 is 5.32 Å². The Morgan fingerprint density at radius 2 is 2.35 bits per heavy atom. The van der Waals surface area contributed by atoms with Crippen molar-refractivity contribution >= 4 is 11.6 Å². The molecule has 0 aliphatic carbocycles. The largest absolute Gasteiger partial charge is 0.508 e. The minimum atomic E-state index is -0.627. The van der Waals surface area contributed by atoms with E-state index in [2.05, 4.69) is 10.2 Å². The predicted molar refractivity (Wildman–Crippen MR) is 72.7 cm³/mol. The summed E-state index contributed by atoms with van der Waals surface area (Å²) in [6, 6.07) is 3.45. The average molecular weight is 279 g/mol. The standard InChI is InChI=1S/C13H17N3O4/c1-15-5-4-9(8-15)7-14-13(18)11-6-10(17)2-3-12(11)16(19)20/h2-3,6,9,17H,4-5,7-8H2,1H3,(H,14,18). The van der Waals surface area contributed by atoms with Gasteiger partial charge in [0.2, 0.25) is 0 Å². The molecule has 1 aliphatic heterocycles. The first kappa shape index (κ1) is 14.3. The van der Waals surface area contributed by atoms with Gasteiger partial charge in [0.15, 0.2) is 0 Å². The number of amides is 1. The van der Waals surface area contributed by atoms with Crippen molar-refractivity contribution in [2.24, 2.45) is 5.92 Å². The van der Waals surface area contributed by atoms with Crippen molar-refractivity contribution in [3.8, 4) is 5.75 Å². The molecule has 2 rings (SSSR count). The highest BCUT2D eigenvalue weighted by molar-refractivity contribution is 5.98. The topological polar surface area (TPSA) is 95.7 Å². The normalized spacial score (nSPS) is 18.9. The lowest BCUT2D eigenvalue weighted by molar-refractivity contribution is -0.385. The van der Waals surface area contributed by atoms with Crippen LogP contribution in [0.15, 0.2) is 18.2 Å². The first-order chi connectivity index (χ1) is 9.47. The van der Waals surface area contributed by atoms with Crippen LogP contribution in [0.25, 0.3) is 0 Å². The maximum atomic E-state index is 12.0. The van der Waals surface area contributed by atoms with Crippen LogP contribution in [0.1, 0.15) is 16.8 Å². The second kappa shape index (κ2) is 5.87. The molecule has 0 radical (unpaired) electrons. The van der Waals surface area contributed by atoms with E-state index in [1.54, 1.807) is 0 Å². The van der Waals surface area contributed by atoms with Crippen molar-refractivity contribution in [3.05, 3.63) is 33.9 Å². The van der Waals surface area contributed by atoms with Gasteiger partial charge in [-0.05, 0) is 38.1 Å². The van der Waals surface area contributed by atoms with E-state index in [1.165, 1.54) is 6.07 Å². The molecular weight excluding hydrogens is 262 g/mol. The fourth-order valence-corrected chi connectivity index (χ4v) is 2.39. The Hall–Kier alpha value is -2.15. The second-order valence-corrected chi connectivity index (χ2v) is 5.09. The van der Waals surface area contributed by atoms with E-state index in [9.17, 15) is 20.0 Å². The number of hydrogen-bond acceptors (Lipinski definition) is 5. The minimum Gasteiger partial charge on any atom is -0.508 e. The molecule has 0 bridgehead atoms. The van der Waals surface area contributed by atoms with Crippen LogP contribution in [-0.2, 0) is 0 Å². The zero-order chi connectivity index (χ0) is 14.7. The lowest BCUT2D eigenvalue weighted by Crippen LogP contribution is -2.30. The Bertz CT molecular complexity index is 532. The van der Waals surface area contributed by atoms with Crippen LogP contribution in [0.2, 0.25) is 0 Å². The van der Waals surface area contributed by atoms with Gasteiger partial charge in [0.25, 0.3) is 11.6 Å². The highest BCUT2D eigenvalue weighted by Gasteiger charge is 2.23. The molecule has 2 N–H and O–H groups in total. The fourth-order valence-electron chi connectivity index (χ4n) is 2.39. The number of carbonyl (C=O) groups is 1. The molecule has 1 atom stereocenters. The van der Waals surface area contributed by atoms with Gasteiger partial charge in [0.05, 0.1) is 4.92 Å². The van der Waals surface area contributed by atoms with Crippen molar-refractivity contribution < 1.29 is 14.8 Å². The summed E-state index contributed by atoms with van der Waals surface area (Å²) in [4.78, 5) is 24.4. The fraction of sp³-hybridized carbons (Fsp3) is 0.462. The number of phenolic OH excluding ortho intramolecular Hbond substituents is 1. The number of phenols is 1. The second-order valence-electron chi connectivity index (χ2n) is 5.09. The summed E-state index contributed by atoms with van der Waals surface area (Å²) >= 11 is 0. The van der Waals surface area contributed by atoms with E-state index >= 15 is 0 Å². The molecule has 0 saturated carbocycles. The number of nitro groups is 1. The van der Waals surface area contributed by atoms with E-state index in [1.807, 2.05) is 7.05 Å². The van der Waals surface area contributed by atoms with Crippen molar-refractivity contribution in [2.45, 2.75) is 6.42 Å². The molecular formula is C13H17N3O4. The molecule has 1 aromatic rings. The Balaban J connectivity index is 2.05. The molecule has 1 heterocycles. The molecule has 7 heteroatoms. The number of benzene rings is 1. The first-order valence-electron chi connectivity index (χ1n) is 6.41. The number of likely N-dealkylation sites (tertiary alicyclic amines) is 1. The summed E-state index contributed by atoms with van der Waals surface area (Å²) in [5.41, 5.74) is -0.412. The maximum Gasteiger partial charge on any atom is 0.282 e. The third-order valence-corrected chi connectivity index (χ3v) is 3.46. The van der Waals surface area contributed by atoms with Crippen LogP contribution in [-0.4, -0.2) is 47.5 Å². The Morgan fingerprint density at radius 3 is 2.95 bits per heavy atom. The number of hydrogen-bond donors (Lipinski definition) is 2. The summed E-state index contributed by atoms with van der Waals surface area (Å²) in [5, 5.41) is 23.0. The minimum absolute atomic E-state index is 0.110. The Kier molecular flexibility index (Phi) is 4.19. The summed E-state index contributed by atoms with van der Waals surface area (Å²) in [7, 11) is 2.02. The highest BCUT2D eigenvalue weighted by atomic mass is 16.6. The van der Waals surface area contributed by atoms with Crippen molar-refractivity contribution in [1.29, 1.82) is 0 Å². The molecule has 1 aromatic carbocycles. The molecule has 108 valence electrons. The molecule has 0 spiro atoms. The van der Waals surface area contributed by atoms with Crippen LogP contribution in [0.5, 0.6) is 5.75 Å². The smallest absolute Gasteiger partial charge is 0.282 e. The summed E-state index contributed by atoms with van der Waals surface area (Å²) in [6.45, 7) is 2.38. The van der Waals surface area contributed by atoms with Crippen LogP contribution in [0.3, 0.4) is 0 Å². The van der Waals surface area contributed by atoms with Crippen LogP contribution in [0, 0.1) is 16.0 Å². The molecule has 0 aromatic heterocycles. The van der Waals surface area contributed by atoms with Gasteiger partial charge < -0.3 is 15.3 Å². The molecule has 1 amide bonds. The number of aromatic hydroxyl groups is 1. The molecule has 1 fully saturated rings. The van der Waals surface area contributed by atoms with Crippen molar-refractivity contribution in [1.82, 2.24) is 10.2 Å². The van der Waals surface area contributed by atoms with Crippen LogP contribution in [0.4, 0.5) is 5.69 Å². The van der Waals surface area contributed by atoms with E-state index in [-0.39, 0.29) is 17.0 Å². The number of rotatable bonds is 4. The summed E-state index contributed by atoms with van der Waals surface area (Å²) < 4.78 is 0. The predicted octanol–water partition coefficient (Wildman–Crippen LogP) is 0.982. The van der Waals surface area contributed by atoms with Gasteiger partial charge in [-0.25, -0.2) is 0 Å². The summed E-state index contributed by atoms with van der Waals surface area (Å²) in [6.07, 6.45) is 0.999. The van der Waals surface area contributed by atoms with Gasteiger partial charge in [-0.3, -0.25) is 14.9 Å². The molecule has 1 aliphatic rings. The quantitative estimate of drug-likeness (QED) is 0.632. The number of nitro benzene ring substituents is 1. The van der Waals surface area contributed by atoms with Gasteiger partial charge in [-0.2, -0.15) is 0 Å². The monoisotopic (exact) mass is 279 g/mol. The maximum absolute atomic E-state index is 12.0. The number of nitrogens with one attached hydrogen (secondary N) is 1. The lowest BCUT2D eigenvalue weighted by atomic mass is 10.1. The molecule has 1 unspecified atom stereocenters. The Morgan fingerprint density at radius 1 is 1.60 bits per heavy atom. The van der Waals surface area contributed by atoms with Gasteiger partial charge in [0.1, 0.15) is 11.3 Å². The van der Waals surface area contributed by atoms with Gasteiger partial charge >= 0.3 is 0 Å². The first-order valence-corrected chi connectivity index (χ1v) is 6.41. The van der Waals surface area contributed by atoms with E-state index in [0.717, 1.165) is 31.6 Å². The Labute approximate surface area is 116 Å². The summed E-state index contributed by atoms with van der Waals surface area (Å²) in [5.74, 6) is -0.330. The number of nitrogens with zero attached hydrogens (tertiary/aromatic N) is 2. The van der Waals surface area contributed by atoms with Gasteiger partial charge in [0, 0.05) is 19.2 Å². The zero-order valence-electron chi connectivity index (χ0n) is 11.2. The van der Waals surface area contributed by atoms with Crippen LogP contribution >= 0.6 is 0 Å². The SMILES string of the molecule is CN1CCC(CNC(=O)c2cc(O)ccc2[N+](=O)[O-])C1. The lowest BCUT2D eigenvalue weighted by Gasteiger charge is -2.12. The van der Waals surface area contributed by atoms with Gasteiger partial charge in [-0.15, -0.1) is 0 Å². The molecule has 7 nitrogen and oxygen atoms in total.